The van der Waals surface area contributed by atoms with E-state index < -0.39 is 0 Å². The highest BCUT2D eigenvalue weighted by atomic mass is 16.2. The van der Waals surface area contributed by atoms with Gasteiger partial charge < -0.3 is 10.6 Å². The summed E-state index contributed by atoms with van der Waals surface area (Å²) in [5.41, 5.74) is 4.52. The first-order valence-corrected chi connectivity index (χ1v) is 5.68. The predicted octanol–water partition coefficient (Wildman–Crippen LogP) is 1.43. The molecule has 0 saturated carbocycles. The molecule has 1 aliphatic heterocycles. The highest BCUT2D eigenvalue weighted by Gasteiger charge is 2.16. The fraction of sp³-hybridized carbons (Fsp3) is 0.250. The molecule has 6 heteroatoms. The van der Waals surface area contributed by atoms with Crippen molar-refractivity contribution in [2.45, 2.75) is 13.5 Å². The molecule has 3 rings (SSSR count). The van der Waals surface area contributed by atoms with Crippen molar-refractivity contribution in [1.29, 1.82) is 0 Å². The molecule has 2 amide bonds. The van der Waals surface area contributed by atoms with Crippen molar-refractivity contribution in [2.24, 2.45) is 7.05 Å². The van der Waals surface area contributed by atoms with Gasteiger partial charge in [-0.15, -0.1) is 0 Å². The zero-order valence-corrected chi connectivity index (χ0v) is 10.2. The van der Waals surface area contributed by atoms with E-state index in [1.807, 2.05) is 26.2 Å². The Bertz CT molecular complexity index is 631. The van der Waals surface area contributed by atoms with E-state index in [1.54, 1.807) is 10.9 Å². The summed E-state index contributed by atoms with van der Waals surface area (Å²) in [7, 11) is 1.88. The summed E-state index contributed by atoms with van der Waals surface area (Å²) in [6, 6.07) is 1.71. The summed E-state index contributed by atoms with van der Waals surface area (Å²) in [4.78, 5) is 15.7. The summed E-state index contributed by atoms with van der Waals surface area (Å²) in [5.74, 6) is 0. The molecule has 3 heterocycles. The second kappa shape index (κ2) is 3.83. The van der Waals surface area contributed by atoms with E-state index in [2.05, 4.69) is 20.7 Å². The number of hydrogen-bond donors (Lipinski definition) is 2. The second-order valence-corrected chi connectivity index (χ2v) is 4.34. The molecule has 0 radical (unpaired) electrons. The Kier molecular flexibility index (Phi) is 2.29. The molecule has 0 atom stereocenters. The van der Waals surface area contributed by atoms with Gasteiger partial charge in [0, 0.05) is 37.1 Å². The Morgan fingerprint density at radius 1 is 1.44 bits per heavy atom. The maximum Gasteiger partial charge on any atom is 0.319 e. The summed E-state index contributed by atoms with van der Waals surface area (Å²) in [6.07, 6.45) is 3.70. The van der Waals surface area contributed by atoms with Gasteiger partial charge in [-0.1, -0.05) is 0 Å². The maximum atomic E-state index is 11.3. The average Bonchev–Trinajstić information content (AvgIpc) is 2.67. The quantitative estimate of drug-likeness (QED) is 0.795. The highest BCUT2D eigenvalue weighted by Crippen LogP contribution is 2.26. The number of nitrogens with one attached hydrogen (secondary N) is 2. The lowest BCUT2D eigenvalue weighted by Crippen LogP contribution is -2.33. The monoisotopic (exact) mass is 243 g/mol. The highest BCUT2D eigenvalue weighted by molar-refractivity contribution is 5.92. The minimum Gasteiger partial charge on any atom is -0.334 e. The van der Waals surface area contributed by atoms with E-state index in [9.17, 15) is 4.79 Å². The van der Waals surface area contributed by atoms with Gasteiger partial charge in [0.2, 0.25) is 0 Å². The van der Waals surface area contributed by atoms with Gasteiger partial charge in [0.1, 0.15) is 0 Å². The van der Waals surface area contributed by atoms with Gasteiger partial charge in [-0.05, 0) is 13.0 Å². The molecule has 0 bridgehead atoms. The molecule has 0 aliphatic carbocycles. The van der Waals surface area contributed by atoms with Crippen molar-refractivity contribution in [1.82, 2.24) is 20.1 Å². The average molecular weight is 243 g/mol. The number of nitrogens with zero attached hydrogens (tertiary/aromatic N) is 3. The van der Waals surface area contributed by atoms with Crippen LogP contribution in [0.4, 0.5) is 10.5 Å². The molecule has 18 heavy (non-hydrogen) atoms. The second-order valence-electron chi connectivity index (χ2n) is 4.34. The minimum atomic E-state index is -0.178. The molecule has 2 aromatic heterocycles. The number of anilines is 1. The first kappa shape index (κ1) is 10.8. The SMILES string of the molecule is Cc1nn(C)cc1-c1cc2c(cn1)CNC(=O)N2. The molecule has 0 aromatic carbocycles. The van der Waals surface area contributed by atoms with Crippen molar-refractivity contribution in [2.75, 3.05) is 5.32 Å². The number of amides is 2. The van der Waals surface area contributed by atoms with Gasteiger partial charge in [0.05, 0.1) is 17.1 Å². The van der Waals surface area contributed by atoms with E-state index in [0.717, 1.165) is 28.2 Å². The maximum absolute atomic E-state index is 11.3. The lowest BCUT2D eigenvalue weighted by molar-refractivity contribution is 0.251. The lowest BCUT2D eigenvalue weighted by atomic mass is 10.1. The van der Waals surface area contributed by atoms with Crippen LogP contribution in [0.3, 0.4) is 0 Å². The third-order valence-electron chi connectivity index (χ3n) is 2.96. The van der Waals surface area contributed by atoms with Gasteiger partial charge in [0.15, 0.2) is 0 Å². The Labute approximate surface area is 104 Å². The standard InChI is InChI=1S/C12H13N5O/c1-7-9(6-17(2)16-7)11-3-10-8(4-13-11)5-14-12(18)15-10/h3-4,6H,5H2,1-2H3,(H2,14,15,18). The van der Waals surface area contributed by atoms with Crippen LogP contribution in [-0.4, -0.2) is 20.8 Å². The van der Waals surface area contributed by atoms with Crippen LogP contribution < -0.4 is 10.6 Å². The number of rotatable bonds is 1. The molecule has 2 aromatic rings. The smallest absolute Gasteiger partial charge is 0.319 e. The number of pyridine rings is 1. The van der Waals surface area contributed by atoms with Crippen LogP contribution in [0.25, 0.3) is 11.3 Å². The van der Waals surface area contributed by atoms with Crippen molar-refractivity contribution in [3.05, 3.63) is 29.7 Å². The van der Waals surface area contributed by atoms with Gasteiger partial charge in [-0.25, -0.2) is 4.79 Å². The number of carbonyl (C=O) groups excluding carboxylic acids is 1. The third kappa shape index (κ3) is 1.71. The topological polar surface area (TPSA) is 71.8 Å². The van der Waals surface area contributed by atoms with Crippen LogP contribution in [-0.2, 0) is 13.6 Å². The van der Waals surface area contributed by atoms with Gasteiger partial charge in [-0.3, -0.25) is 9.67 Å². The van der Waals surface area contributed by atoms with E-state index in [1.165, 1.54) is 0 Å². The summed E-state index contributed by atoms with van der Waals surface area (Å²) < 4.78 is 1.76. The number of hydrogen-bond acceptors (Lipinski definition) is 3. The minimum absolute atomic E-state index is 0.178. The molecule has 0 saturated heterocycles. The molecule has 92 valence electrons. The molecule has 2 N–H and O–H groups in total. The normalized spacial score (nSPS) is 13.8. The van der Waals surface area contributed by atoms with E-state index >= 15 is 0 Å². The van der Waals surface area contributed by atoms with Crippen LogP contribution in [0, 0.1) is 6.92 Å². The molecule has 0 spiro atoms. The molecule has 1 aliphatic rings. The molecule has 0 unspecified atom stereocenters. The van der Waals surface area contributed by atoms with E-state index in [-0.39, 0.29) is 6.03 Å². The molecule has 0 fully saturated rings. The van der Waals surface area contributed by atoms with Crippen LogP contribution in [0.2, 0.25) is 0 Å². The largest absolute Gasteiger partial charge is 0.334 e. The number of fused-ring (bicyclic) bond motifs is 1. The van der Waals surface area contributed by atoms with Crippen molar-refractivity contribution in [3.63, 3.8) is 0 Å². The van der Waals surface area contributed by atoms with Crippen molar-refractivity contribution >= 4 is 11.7 Å². The van der Waals surface area contributed by atoms with E-state index in [0.29, 0.717) is 6.54 Å². The van der Waals surface area contributed by atoms with Crippen LogP contribution >= 0.6 is 0 Å². The van der Waals surface area contributed by atoms with Crippen LogP contribution in [0.5, 0.6) is 0 Å². The van der Waals surface area contributed by atoms with E-state index in [4.69, 9.17) is 0 Å². The first-order chi connectivity index (χ1) is 8.63. The zero-order chi connectivity index (χ0) is 12.7. The Balaban J connectivity index is 2.07. The fourth-order valence-corrected chi connectivity index (χ4v) is 2.08. The fourth-order valence-electron chi connectivity index (χ4n) is 2.08. The summed E-state index contributed by atoms with van der Waals surface area (Å²) in [6.45, 7) is 2.46. The van der Waals surface area contributed by atoms with Gasteiger partial charge in [-0.2, -0.15) is 5.10 Å². The predicted molar refractivity (Wildman–Crippen MR) is 67.0 cm³/mol. The van der Waals surface area contributed by atoms with Crippen molar-refractivity contribution in [3.8, 4) is 11.3 Å². The number of urea groups is 1. The summed E-state index contributed by atoms with van der Waals surface area (Å²) >= 11 is 0. The zero-order valence-electron chi connectivity index (χ0n) is 10.2. The first-order valence-electron chi connectivity index (χ1n) is 5.68. The molecular formula is C12H13N5O. The van der Waals surface area contributed by atoms with Crippen molar-refractivity contribution < 1.29 is 4.79 Å². The molecule has 6 nitrogen and oxygen atoms in total. The number of carbonyl (C=O) groups is 1. The third-order valence-corrected chi connectivity index (χ3v) is 2.96. The number of aryl methyl sites for hydroxylation is 2. The number of aromatic nitrogens is 3. The Morgan fingerprint density at radius 2 is 2.28 bits per heavy atom. The molecular weight excluding hydrogens is 230 g/mol. The van der Waals surface area contributed by atoms with Gasteiger partial charge >= 0.3 is 6.03 Å². The van der Waals surface area contributed by atoms with Crippen LogP contribution in [0.1, 0.15) is 11.3 Å². The summed E-state index contributed by atoms with van der Waals surface area (Å²) in [5, 5.41) is 9.78. The lowest BCUT2D eigenvalue weighted by Gasteiger charge is -2.18. The van der Waals surface area contributed by atoms with Gasteiger partial charge in [0.25, 0.3) is 0 Å². The Morgan fingerprint density at radius 3 is 3.00 bits per heavy atom. The van der Waals surface area contributed by atoms with Crippen LogP contribution in [0.15, 0.2) is 18.5 Å². The Hall–Kier alpha value is -2.37.